The van der Waals surface area contributed by atoms with Crippen molar-refractivity contribution in [1.82, 2.24) is 0 Å². The van der Waals surface area contributed by atoms with E-state index in [0.717, 1.165) is 22.3 Å². The molecule has 5 nitrogen and oxygen atoms in total. The third kappa shape index (κ3) is 3.78. The number of benzene rings is 3. The van der Waals surface area contributed by atoms with E-state index in [2.05, 4.69) is 5.32 Å². The SMILES string of the molecule is COc1cccc(NC2=C(c3ccc(C)c(C)c3)C(=O)N(c3ccc(C)c(C)c3)C2=O)c1. The summed E-state index contributed by atoms with van der Waals surface area (Å²) in [4.78, 5) is 28.4. The van der Waals surface area contributed by atoms with Gasteiger partial charge in [-0.3, -0.25) is 9.59 Å². The summed E-state index contributed by atoms with van der Waals surface area (Å²) in [6.45, 7) is 7.99. The molecule has 0 spiro atoms. The monoisotopic (exact) mass is 426 g/mol. The molecule has 3 aromatic carbocycles. The summed E-state index contributed by atoms with van der Waals surface area (Å²) in [5.41, 5.74) is 6.86. The van der Waals surface area contributed by atoms with Gasteiger partial charge in [-0.25, -0.2) is 4.90 Å². The Labute approximate surface area is 188 Å². The fourth-order valence-electron chi connectivity index (χ4n) is 3.75. The van der Waals surface area contributed by atoms with Crippen LogP contribution < -0.4 is 15.0 Å². The molecule has 4 rings (SSSR count). The molecule has 2 amide bonds. The molecule has 1 N–H and O–H groups in total. The summed E-state index contributed by atoms with van der Waals surface area (Å²) in [6.07, 6.45) is 0. The van der Waals surface area contributed by atoms with Gasteiger partial charge in [-0.05, 0) is 79.8 Å². The van der Waals surface area contributed by atoms with Crippen LogP contribution in [0.5, 0.6) is 5.75 Å². The minimum absolute atomic E-state index is 0.254. The third-order valence-electron chi connectivity index (χ3n) is 5.97. The molecule has 0 aliphatic carbocycles. The normalized spacial score (nSPS) is 13.7. The van der Waals surface area contributed by atoms with Crippen LogP contribution in [-0.4, -0.2) is 18.9 Å². The molecule has 1 aliphatic rings. The first kappa shape index (κ1) is 21.4. The molecule has 0 bridgehead atoms. The average molecular weight is 427 g/mol. The first-order valence-electron chi connectivity index (χ1n) is 10.5. The van der Waals surface area contributed by atoms with Gasteiger partial charge in [-0.15, -0.1) is 0 Å². The van der Waals surface area contributed by atoms with E-state index in [0.29, 0.717) is 28.3 Å². The number of ether oxygens (including phenoxy) is 1. The smallest absolute Gasteiger partial charge is 0.282 e. The second-order valence-corrected chi connectivity index (χ2v) is 8.12. The van der Waals surface area contributed by atoms with E-state index >= 15 is 0 Å². The van der Waals surface area contributed by atoms with Crippen molar-refractivity contribution in [2.75, 3.05) is 17.3 Å². The predicted octanol–water partition coefficient (Wildman–Crippen LogP) is 5.33. The number of aryl methyl sites for hydroxylation is 4. The van der Waals surface area contributed by atoms with Crippen molar-refractivity contribution in [1.29, 1.82) is 0 Å². The number of rotatable bonds is 5. The number of hydrogen-bond acceptors (Lipinski definition) is 4. The number of methoxy groups -OCH3 is 1. The zero-order valence-electron chi connectivity index (χ0n) is 18.9. The van der Waals surface area contributed by atoms with Crippen molar-refractivity contribution in [2.24, 2.45) is 0 Å². The van der Waals surface area contributed by atoms with Gasteiger partial charge < -0.3 is 10.1 Å². The number of nitrogens with one attached hydrogen (secondary N) is 1. The Bertz CT molecular complexity index is 1270. The molecule has 1 heterocycles. The molecule has 0 saturated heterocycles. The van der Waals surface area contributed by atoms with Gasteiger partial charge in [0.25, 0.3) is 11.8 Å². The van der Waals surface area contributed by atoms with Crippen LogP contribution in [0.3, 0.4) is 0 Å². The maximum absolute atomic E-state index is 13.6. The quantitative estimate of drug-likeness (QED) is 0.561. The maximum atomic E-state index is 13.6. The molecule has 0 saturated carbocycles. The van der Waals surface area contributed by atoms with Crippen LogP contribution >= 0.6 is 0 Å². The number of carbonyl (C=O) groups excluding carboxylic acids is 2. The van der Waals surface area contributed by atoms with Gasteiger partial charge in [0.15, 0.2) is 0 Å². The highest BCUT2D eigenvalue weighted by Crippen LogP contribution is 2.35. The summed E-state index contributed by atoms with van der Waals surface area (Å²) >= 11 is 0. The first-order valence-corrected chi connectivity index (χ1v) is 10.5. The van der Waals surface area contributed by atoms with Crippen LogP contribution in [0, 0.1) is 27.7 Å². The molecule has 5 heteroatoms. The highest BCUT2D eigenvalue weighted by atomic mass is 16.5. The Hall–Kier alpha value is -3.86. The van der Waals surface area contributed by atoms with Gasteiger partial charge >= 0.3 is 0 Å². The zero-order chi connectivity index (χ0) is 23.0. The van der Waals surface area contributed by atoms with Gasteiger partial charge in [0, 0.05) is 11.8 Å². The molecule has 32 heavy (non-hydrogen) atoms. The summed E-state index contributed by atoms with van der Waals surface area (Å²) in [5, 5.41) is 3.19. The number of anilines is 2. The van der Waals surface area contributed by atoms with Crippen LogP contribution in [0.2, 0.25) is 0 Å². The van der Waals surface area contributed by atoms with Crippen LogP contribution in [-0.2, 0) is 9.59 Å². The van der Waals surface area contributed by atoms with Gasteiger partial charge in [0.2, 0.25) is 0 Å². The summed E-state index contributed by atoms with van der Waals surface area (Å²) in [5.74, 6) is -0.0627. The Morgan fingerprint density at radius 1 is 0.750 bits per heavy atom. The molecule has 0 aromatic heterocycles. The Morgan fingerprint density at radius 2 is 1.44 bits per heavy atom. The lowest BCUT2D eigenvalue weighted by molar-refractivity contribution is -0.120. The van der Waals surface area contributed by atoms with Crippen LogP contribution in [0.4, 0.5) is 11.4 Å². The molecule has 0 fully saturated rings. The number of nitrogens with zero attached hydrogens (tertiary/aromatic N) is 1. The summed E-state index contributed by atoms with van der Waals surface area (Å²) < 4.78 is 5.30. The molecule has 0 unspecified atom stereocenters. The number of hydrogen-bond donors (Lipinski definition) is 1. The molecule has 0 atom stereocenters. The van der Waals surface area contributed by atoms with Crippen LogP contribution in [0.1, 0.15) is 27.8 Å². The van der Waals surface area contributed by atoms with Crippen molar-refractivity contribution in [3.8, 4) is 5.75 Å². The second kappa shape index (κ2) is 8.35. The van der Waals surface area contributed by atoms with Gasteiger partial charge in [0.05, 0.1) is 18.4 Å². The van der Waals surface area contributed by atoms with Crippen LogP contribution in [0.15, 0.2) is 66.4 Å². The highest BCUT2D eigenvalue weighted by Gasteiger charge is 2.40. The fourth-order valence-corrected chi connectivity index (χ4v) is 3.75. The molecule has 0 radical (unpaired) electrons. The molecular weight excluding hydrogens is 400 g/mol. The number of imide groups is 1. The third-order valence-corrected chi connectivity index (χ3v) is 5.97. The molecule has 3 aromatic rings. The van der Waals surface area contributed by atoms with Crippen LogP contribution in [0.25, 0.3) is 5.57 Å². The van der Waals surface area contributed by atoms with Gasteiger partial charge in [-0.1, -0.05) is 30.3 Å². The summed E-state index contributed by atoms with van der Waals surface area (Å²) in [6, 6.07) is 18.7. The Kier molecular flexibility index (Phi) is 5.57. The summed E-state index contributed by atoms with van der Waals surface area (Å²) in [7, 11) is 1.59. The predicted molar refractivity (Wildman–Crippen MR) is 128 cm³/mol. The topological polar surface area (TPSA) is 58.6 Å². The van der Waals surface area contributed by atoms with Gasteiger partial charge in [0.1, 0.15) is 11.4 Å². The zero-order valence-corrected chi connectivity index (χ0v) is 18.9. The minimum atomic E-state index is -0.380. The van der Waals surface area contributed by atoms with Crippen molar-refractivity contribution in [2.45, 2.75) is 27.7 Å². The largest absolute Gasteiger partial charge is 0.497 e. The van der Waals surface area contributed by atoms with Gasteiger partial charge in [-0.2, -0.15) is 0 Å². The number of amides is 2. The lowest BCUT2D eigenvalue weighted by atomic mass is 9.99. The van der Waals surface area contributed by atoms with E-state index in [-0.39, 0.29) is 17.5 Å². The van der Waals surface area contributed by atoms with Crippen molar-refractivity contribution in [3.63, 3.8) is 0 Å². The fraction of sp³-hybridized carbons (Fsp3) is 0.185. The van der Waals surface area contributed by atoms with Crippen molar-refractivity contribution < 1.29 is 14.3 Å². The molecule has 1 aliphatic heterocycles. The van der Waals surface area contributed by atoms with E-state index in [1.54, 1.807) is 13.2 Å². The standard InChI is InChI=1S/C27H26N2O3/c1-16-9-11-20(13-18(16)3)24-25(28-21-7-6-8-23(15-21)32-5)27(31)29(26(24)30)22-12-10-17(2)19(4)14-22/h6-15,28H,1-5H3. The minimum Gasteiger partial charge on any atom is -0.497 e. The van der Waals surface area contributed by atoms with Crippen molar-refractivity contribution >= 4 is 28.8 Å². The first-order chi connectivity index (χ1) is 15.3. The number of carbonyl (C=O) groups is 2. The molecular formula is C27H26N2O3. The Balaban J connectivity index is 1.84. The van der Waals surface area contributed by atoms with E-state index in [4.69, 9.17) is 4.74 Å². The molecule has 162 valence electrons. The highest BCUT2D eigenvalue weighted by molar-refractivity contribution is 6.46. The Morgan fingerprint density at radius 3 is 2.09 bits per heavy atom. The van der Waals surface area contributed by atoms with E-state index in [1.165, 1.54) is 4.90 Å². The van der Waals surface area contributed by atoms with E-state index in [9.17, 15) is 9.59 Å². The lowest BCUT2D eigenvalue weighted by Gasteiger charge is -2.17. The maximum Gasteiger partial charge on any atom is 0.282 e. The van der Waals surface area contributed by atoms with E-state index < -0.39 is 0 Å². The average Bonchev–Trinajstić information content (AvgIpc) is 3.02. The lowest BCUT2D eigenvalue weighted by Crippen LogP contribution is -2.32. The van der Waals surface area contributed by atoms with Crippen molar-refractivity contribution in [3.05, 3.63) is 94.2 Å². The van der Waals surface area contributed by atoms with E-state index in [1.807, 2.05) is 82.3 Å². The second-order valence-electron chi connectivity index (χ2n) is 8.12.